The number of amides is 1. The smallest absolute Gasteiger partial charge is 0.223 e. The van der Waals surface area contributed by atoms with Crippen molar-refractivity contribution in [3.05, 3.63) is 53.9 Å². The molecule has 0 unspecified atom stereocenters. The normalized spacial score (nSPS) is 10.4. The van der Waals surface area contributed by atoms with E-state index < -0.39 is 0 Å². The number of ether oxygens (including phenoxy) is 2. The van der Waals surface area contributed by atoms with Crippen molar-refractivity contribution < 1.29 is 19.4 Å². The average molecular weight is 344 g/mol. The molecule has 0 aliphatic rings. The first-order chi connectivity index (χ1) is 12.2. The van der Waals surface area contributed by atoms with E-state index in [1.807, 2.05) is 36.4 Å². The molecule has 1 amide bonds. The van der Waals surface area contributed by atoms with Crippen molar-refractivity contribution in [1.29, 1.82) is 0 Å². The highest BCUT2D eigenvalue weighted by Gasteiger charge is 2.16. The first-order valence-corrected chi connectivity index (χ1v) is 8.17. The maximum atomic E-state index is 12.6. The summed E-state index contributed by atoms with van der Waals surface area (Å²) < 4.78 is 10.6. The van der Waals surface area contributed by atoms with E-state index in [1.54, 1.807) is 25.3 Å². The van der Waals surface area contributed by atoms with Crippen molar-refractivity contribution >= 4 is 5.91 Å². The number of hydrogen-bond acceptors (Lipinski definition) is 5. The molecule has 0 radical (unpaired) electrons. The van der Waals surface area contributed by atoms with Crippen LogP contribution in [0.5, 0.6) is 11.5 Å². The van der Waals surface area contributed by atoms with E-state index >= 15 is 0 Å². The van der Waals surface area contributed by atoms with Gasteiger partial charge in [-0.1, -0.05) is 6.07 Å². The second-order valence-electron chi connectivity index (χ2n) is 5.54. The molecule has 1 heterocycles. The minimum atomic E-state index is -0.0956. The van der Waals surface area contributed by atoms with Crippen molar-refractivity contribution in [2.24, 2.45) is 0 Å². The summed E-state index contributed by atoms with van der Waals surface area (Å²) >= 11 is 0. The molecule has 25 heavy (non-hydrogen) atoms. The molecular weight excluding hydrogens is 320 g/mol. The molecule has 0 bridgehead atoms. The summed E-state index contributed by atoms with van der Waals surface area (Å²) in [7, 11) is 3.18. The lowest BCUT2D eigenvalue weighted by molar-refractivity contribution is -0.132. The number of aliphatic hydroxyl groups is 1. The van der Waals surface area contributed by atoms with Gasteiger partial charge in [0.15, 0.2) is 0 Å². The van der Waals surface area contributed by atoms with Gasteiger partial charge in [0.2, 0.25) is 5.91 Å². The Morgan fingerprint density at radius 1 is 1.20 bits per heavy atom. The van der Waals surface area contributed by atoms with Crippen molar-refractivity contribution in [1.82, 2.24) is 9.88 Å². The molecule has 1 aromatic heterocycles. The molecule has 1 aromatic carbocycles. The van der Waals surface area contributed by atoms with E-state index in [-0.39, 0.29) is 19.1 Å². The molecule has 6 heteroatoms. The van der Waals surface area contributed by atoms with E-state index in [1.165, 1.54) is 0 Å². The topological polar surface area (TPSA) is 71.9 Å². The van der Waals surface area contributed by atoms with Gasteiger partial charge < -0.3 is 19.5 Å². The summed E-state index contributed by atoms with van der Waals surface area (Å²) in [6, 6.07) is 11.1. The van der Waals surface area contributed by atoms with Crippen LogP contribution in [0.15, 0.2) is 42.6 Å². The number of methoxy groups -OCH3 is 2. The van der Waals surface area contributed by atoms with Crippen LogP contribution in [0.1, 0.15) is 17.7 Å². The summed E-state index contributed by atoms with van der Waals surface area (Å²) in [5, 5.41) is 9.31. The van der Waals surface area contributed by atoms with Gasteiger partial charge in [0.1, 0.15) is 11.5 Å². The quantitative estimate of drug-likeness (QED) is 0.754. The third-order valence-corrected chi connectivity index (χ3v) is 3.89. The second kappa shape index (κ2) is 9.64. The van der Waals surface area contributed by atoms with Crippen LogP contribution in [-0.2, 0) is 17.8 Å². The molecule has 0 saturated carbocycles. The van der Waals surface area contributed by atoms with Gasteiger partial charge in [-0.3, -0.25) is 9.78 Å². The Labute approximate surface area is 148 Å². The zero-order valence-corrected chi connectivity index (χ0v) is 14.6. The van der Waals surface area contributed by atoms with Crippen molar-refractivity contribution in [3.63, 3.8) is 0 Å². The lowest BCUT2D eigenvalue weighted by Gasteiger charge is -2.23. The molecule has 134 valence electrons. The van der Waals surface area contributed by atoms with Gasteiger partial charge in [0, 0.05) is 37.0 Å². The van der Waals surface area contributed by atoms with Crippen LogP contribution >= 0.6 is 0 Å². The minimum Gasteiger partial charge on any atom is -0.497 e. The predicted octanol–water partition coefficient (Wildman–Crippen LogP) is 2.05. The highest BCUT2D eigenvalue weighted by Crippen LogP contribution is 2.25. The fraction of sp³-hybridized carbons (Fsp3) is 0.368. The minimum absolute atomic E-state index is 0.0374. The summed E-state index contributed by atoms with van der Waals surface area (Å²) in [5.41, 5.74) is 1.71. The lowest BCUT2D eigenvalue weighted by atomic mass is 10.1. The summed E-state index contributed by atoms with van der Waals surface area (Å²) in [5.74, 6) is 1.34. The molecular formula is C19H24N2O4. The van der Waals surface area contributed by atoms with Crippen molar-refractivity contribution in [2.75, 3.05) is 27.4 Å². The van der Waals surface area contributed by atoms with E-state index in [0.29, 0.717) is 30.9 Å². The number of carbonyl (C=O) groups excluding carboxylic acids is 1. The Morgan fingerprint density at radius 2 is 2.04 bits per heavy atom. The van der Waals surface area contributed by atoms with Crippen LogP contribution in [-0.4, -0.2) is 48.3 Å². The van der Waals surface area contributed by atoms with E-state index in [0.717, 1.165) is 11.3 Å². The van der Waals surface area contributed by atoms with Gasteiger partial charge in [-0.25, -0.2) is 0 Å². The molecule has 2 rings (SSSR count). The number of rotatable bonds is 9. The Bertz CT molecular complexity index is 676. The zero-order chi connectivity index (χ0) is 18.1. The zero-order valence-electron chi connectivity index (χ0n) is 14.6. The number of carbonyl (C=O) groups is 1. The predicted molar refractivity (Wildman–Crippen MR) is 94.6 cm³/mol. The number of aryl methyl sites for hydroxylation is 1. The Balaban J connectivity index is 2.08. The standard InChI is InChI=1S/C19H24N2O4/c1-24-17-7-8-18(25-2)15(13-17)14-21(11-12-22)19(23)9-6-16-5-3-4-10-20-16/h3-5,7-8,10,13,22H,6,9,11-12,14H2,1-2H3. The molecule has 1 N–H and O–H groups in total. The van der Waals surface area contributed by atoms with Gasteiger partial charge in [-0.2, -0.15) is 0 Å². The highest BCUT2D eigenvalue weighted by molar-refractivity contribution is 5.76. The fourth-order valence-electron chi connectivity index (χ4n) is 2.56. The van der Waals surface area contributed by atoms with E-state index in [9.17, 15) is 9.90 Å². The van der Waals surface area contributed by atoms with Gasteiger partial charge in [0.05, 0.1) is 20.8 Å². The molecule has 2 aromatic rings. The Morgan fingerprint density at radius 3 is 2.68 bits per heavy atom. The molecule has 6 nitrogen and oxygen atoms in total. The molecule has 0 aliphatic carbocycles. The first kappa shape index (κ1) is 18.7. The van der Waals surface area contributed by atoms with E-state index in [4.69, 9.17) is 9.47 Å². The molecule has 0 spiro atoms. The van der Waals surface area contributed by atoms with Crippen LogP contribution in [0.4, 0.5) is 0 Å². The molecule has 0 aliphatic heterocycles. The maximum Gasteiger partial charge on any atom is 0.223 e. The van der Waals surface area contributed by atoms with Gasteiger partial charge >= 0.3 is 0 Å². The van der Waals surface area contributed by atoms with Crippen LogP contribution < -0.4 is 9.47 Å². The monoisotopic (exact) mass is 344 g/mol. The van der Waals surface area contributed by atoms with Gasteiger partial charge in [-0.05, 0) is 36.8 Å². The van der Waals surface area contributed by atoms with Crippen LogP contribution in [0.2, 0.25) is 0 Å². The summed E-state index contributed by atoms with van der Waals surface area (Å²) in [6.45, 7) is 0.519. The van der Waals surface area contributed by atoms with Crippen LogP contribution in [0.25, 0.3) is 0 Å². The Kier molecular flexibility index (Phi) is 7.22. The number of nitrogens with zero attached hydrogens (tertiary/aromatic N) is 2. The van der Waals surface area contributed by atoms with Crippen LogP contribution in [0, 0.1) is 0 Å². The number of hydrogen-bond donors (Lipinski definition) is 1. The van der Waals surface area contributed by atoms with E-state index in [2.05, 4.69) is 4.98 Å². The number of pyridine rings is 1. The maximum absolute atomic E-state index is 12.6. The number of aromatic nitrogens is 1. The second-order valence-corrected chi connectivity index (χ2v) is 5.54. The van der Waals surface area contributed by atoms with Crippen molar-refractivity contribution in [3.8, 4) is 11.5 Å². The molecule has 0 atom stereocenters. The van der Waals surface area contributed by atoms with Crippen molar-refractivity contribution in [2.45, 2.75) is 19.4 Å². The summed E-state index contributed by atoms with van der Waals surface area (Å²) in [6.07, 6.45) is 2.62. The first-order valence-electron chi connectivity index (χ1n) is 8.17. The Hall–Kier alpha value is -2.60. The fourth-order valence-corrected chi connectivity index (χ4v) is 2.56. The summed E-state index contributed by atoms with van der Waals surface area (Å²) in [4.78, 5) is 18.4. The molecule has 0 fully saturated rings. The number of aliphatic hydroxyl groups excluding tert-OH is 1. The third-order valence-electron chi connectivity index (χ3n) is 3.89. The number of benzene rings is 1. The highest BCUT2D eigenvalue weighted by atomic mass is 16.5. The third kappa shape index (κ3) is 5.46. The van der Waals surface area contributed by atoms with Gasteiger partial charge in [0.25, 0.3) is 0 Å². The van der Waals surface area contributed by atoms with Gasteiger partial charge in [-0.15, -0.1) is 0 Å². The average Bonchev–Trinajstić information content (AvgIpc) is 2.66. The molecule has 0 saturated heterocycles. The van der Waals surface area contributed by atoms with Crippen LogP contribution in [0.3, 0.4) is 0 Å². The SMILES string of the molecule is COc1ccc(OC)c(CN(CCO)C(=O)CCc2ccccn2)c1. The largest absolute Gasteiger partial charge is 0.497 e. The lowest BCUT2D eigenvalue weighted by Crippen LogP contribution is -2.33.